The molecule has 1 aliphatic rings. The lowest BCUT2D eigenvalue weighted by Crippen LogP contribution is -2.42. The largest absolute Gasteiger partial charge is 0.467 e. The smallest absolute Gasteiger partial charge is 0.240 e. The molecular formula is C22H26N4O3S. The van der Waals surface area contributed by atoms with Crippen LogP contribution in [-0.4, -0.2) is 51.9 Å². The molecule has 158 valence electrons. The lowest BCUT2D eigenvalue weighted by atomic mass is 10.1. The van der Waals surface area contributed by atoms with Gasteiger partial charge < -0.3 is 14.1 Å². The van der Waals surface area contributed by atoms with Crippen molar-refractivity contribution in [3.05, 3.63) is 65.9 Å². The zero-order valence-electron chi connectivity index (χ0n) is 17.2. The van der Waals surface area contributed by atoms with E-state index in [2.05, 4.69) is 28.6 Å². The van der Waals surface area contributed by atoms with E-state index in [1.807, 2.05) is 47.4 Å². The lowest BCUT2D eigenvalue weighted by Gasteiger charge is -2.30. The topological polar surface area (TPSA) is 73.4 Å². The Morgan fingerprint density at radius 1 is 1.10 bits per heavy atom. The minimum atomic E-state index is -0.399. The van der Waals surface area contributed by atoms with Crippen molar-refractivity contribution in [3.63, 3.8) is 0 Å². The number of ether oxygens (including phenoxy) is 1. The molecule has 4 rings (SSSR count). The van der Waals surface area contributed by atoms with E-state index in [0.29, 0.717) is 38.0 Å². The van der Waals surface area contributed by atoms with E-state index in [9.17, 15) is 4.79 Å². The number of hydrogen-bond donors (Lipinski definition) is 0. The molecule has 3 heterocycles. The summed E-state index contributed by atoms with van der Waals surface area (Å²) in [6.45, 7) is 7.07. The van der Waals surface area contributed by atoms with Gasteiger partial charge in [-0.3, -0.25) is 9.36 Å². The molecule has 1 saturated heterocycles. The summed E-state index contributed by atoms with van der Waals surface area (Å²) >= 11 is 1.45. The standard InChI is InChI=1S/C22H26N4O3S/c1-16(2)20-23-24-22(26(20)15-18-9-6-12-29-18)30-19(17-7-4-3-5-8-17)21(27)25-10-13-28-14-11-25/h3-9,12,16,19H,10-11,13-15H2,1-2H3/t19-/m0/s1. The summed E-state index contributed by atoms with van der Waals surface area (Å²) in [4.78, 5) is 15.3. The highest BCUT2D eigenvalue weighted by Crippen LogP contribution is 2.37. The van der Waals surface area contributed by atoms with Crippen molar-refractivity contribution in [1.29, 1.82) is 0 Å². The van der Waals surface area contributed by atoms with Crippen molar-refractivity contribution in [3.8, 4) is 0 Å². The van der Waals surface area contributed by atoms with Gasteiger partial charge in [0.1, 0.15) is 16.8 Å². The Morgan fingerprint density at radius 2 is 1.87 bits per heavy atom. The minimum absolute atomic E-state index is 0.0770. The Morgan fingerprint density at radius 3 is 2.53 bits per heavy atom. The van der Waals surface area contributed by atoms with Crippen LogP contribution < -0.4 is 0 Å². The van der Waals surface area contributed by atoms with Crippen LogP contribution in [-0.2, 0) is 16.1 Å². The van der Waals surface area contributed by atoms with Crippen LogP contribution in [0.1, 0.15) is 42.2 Å². The third-order valence-electron chi connectivity index (χ3n) is 5.03. The molecule has 0 radical (unpaired) electrons. The van der Waals surface area contributed by atoms with Gasteiger partial charge >= 0.3 is 0 Å². The summed E-state index contributed by atoms with van der Waals surface area (Å²) in [7, 11) is 0. The second-order valence-corrected chi connectivity index (χ2v) is 8.58. The normalized spacial score (nSPS) is 15.5. The molecule has 2 aromatic heterocycles. The summed E-state index contributed by atoms with van der Waals surface area (Å²) < 4.78 is 13.0. The number of carbonyl (C=O) groups is 1. The Bertz CT molecular complexity index is 950. The monoisotopic (exact) mass is 426 g/mol. The third kappa shape index (κ3) is 4.60. The molecule has 0 N–H and O–H groups in total. The molecule has 0 aliphatic carbocycles. The highest BCUT2D eigenvalue weighted by atomic mass is 32.2. The Kier molecular flexibility index (Phi) is 6.54. The van der Waals surface area contributed by atoms with E-state index in [1.165, 1.54) is 11.8 Å². The Balaban J connectivity index is 1.66. The van der Waals surface area contributed by atoms with Gasteiger partial charge in [-0.05, 0) is 17.7 Å². The van der Waals surface area contributed by atoms with Gasteiger partial charge in [0, 0.05) is 19.0 Å². The van der Waals surface area contributed by atoms with Crippen molar-refractivity contribution < 1.29 is 13.9 Å². The van der Waals surface area contributed by atoms with Crippen molar-refractivity contribution in [2.45, 2.75) is 36.7 Å². The molecule has 3 aromatic rings. The van der Waals surface area contributed by atoms with Crippen LogP contribution in [0.3, 0.4) is 0 Å². The number of aromatic nitrogens is 3. The van der Waals surface area contributed by atoms with Crippen molar-refractivity contribution in [2.24, 2.45) is 0 Å². The molecule has 1 atom stereocenters. The van der Waals surface area contributed by atoms with Crippen LogP contribution in [0.15, 0.2) is 58.3 Å². The highest BCUT2D eigenvalue weighted by Gasteiger charge is 2.30. The predicted molar refractivity (Wildman–Crippen MR) is 114 cm³/mol. The molecule has 0 spiro atoms. The quantitative estimate of drug-likeness (QED) is 0.536. The van der Waals surface area contributed by atoms with Gasteiger partial charge in [0.15, 0.2) is 5.16 Å². The van der Waals surface area contributed by atoms with Gasteiger partial charge in [-0.25, -0.2) is 0 Å². The maximum absolute atomic E-state index is 13.4. The number of amides is 1. The molecule has 0 unspecified atom stereocenters. The summed E-state index contributed by atoms with van der Waals surface area (Å²) in [5.74, 6) is 1.98. The average Bonchev–Trinajstić information content (AvgIpc) is 3.43. The first-order chi connectivity index (χ1) is 14.6. The summed E-state index contributed by atoms with van der Waals surface area (Å²) in [5.41, 5.74) is 0.956. The number of furan rings is 1. The van der Waals surface area contributed by atoms with Gasteiger partial charge in [0.25, 0.3) is 0 Å². The summed E-state index contributed by atoms with van der Waals surface area (Å²) in [6.07, 6.45) is 1.66. The number of hydrogen-bond acceptors (Lipinski definition) is 6. The van der Waals surface area contributed by atoms with Gasteiger partial charge in [-0.15, -0.1) is 10.2 Å². The zero-order chi connectivity index (χ0) is 20.9. The van der Waals surface area contributed by atoms with Gasteiger partial charge in [0.05, 0.1) is 26.0 Å². The molecule has 1 aromatic carbocycles. The number of thioether (sulfide) groups is 1. The Hall–Kier alpha value is -2.58. The van der Waals surface area contributed by atoms with Crippen LogP contribution in [0, 0.1) is 0 Å². The molecule has 1 fully saturated rings. The van der Waals surface area contributed by atoms with E-state index in [4.69, 9.17) is 9.15 Å². The number of nitrogens with zero attached hydrogens (tertiary/aromatic N) is 4. The fraction of sp³-hybridized carbons (Fsp3) is 0.409. The zero-order valence-corrected chi connectivity index (χ0v) is 18.0. The first-order valence-corrected chi connectivity index (χ1v) is 11.0. The molecule has 8 heteroatoms. The second-order valence-electron chi connectivity index (χ2n) is 7.51. The van der Waals surface area contributed by atoms with E-state index >= 15 is 0 Å². The fourth-order valence-corrected chi connectivity index (χ4v) is 4.59. The minimum Gasteiger partial charge on any atom is -0.467 e. The third-order valence-corrected chi connectivity index (χ3v) is 6.25. The van der Waals surface area contributed by atoms with Crippen LogP contribution in [0.4, 0.5) is 0 Å². The maximum Gasteiger partial charge on any atom is 0.240 e. The van der Waals surface area contributed by atoms with Crippen LogP contribution in [0.25, 0.3) is 0 Å². The number of morpholine rings is 1. The van der Waals surface area contributed by atoms with E-state index in [-0.39, 0.29) is 11.8 Å². The molecule has 1 aliphatic heterocycles. The van der Waals surface area contributed by atoms with Crippen molar-refractivity contribution in [2.75, 3.05) is 26.3 Å². The predicted octanol–water partition coefficient (Wildman–Crippen LogP) is 3.74. The first-order valence-electron chi connectivity index (χ1n) is 10.2. The molecular weight excluding hydrogens is 400 g/mol. The number of benzene rings is 1. The summed E-state index contributed by atoms with van der Waals surface area (Å²) in [5, 5.41) is 9.18. The van der Waals surface area contributed by atoms with Crippen LogP contribution >= 0.6 is 11.8 Å². The fourth-order valence-electron chi connectivity index (χ4n) is 3.47. The maximum atomic E-state index is 13.4. The highest BCUT2D eigenvalue weighted by molar-refractivity contribution is 8.00. The summed E-state index contributed by atoms with van der Waals surface area (Å²) in [6, 6.07) is 13.7. The van der Waals surface area contributed by atoms with Crippen molar-refractivity contribution in [1.82, 2.24) is 19.7 Å². The first kappa shape index (κ1) is 20.7. The molecule has 1 amide bonds. The van der Waals surface area contributed by atoms with Crippen molar-refractivity contribution >= 4 is 17.7 Å². The van der Waals surface area contributed by atoms with Crippen LogP contribution in [0.2, 0.25) is 0 Å². The van der Waals surface area contributed by atoms with E-state index < -0.39 is 5.25 Å². The number of rotatable bonds is 7. The van der Waals surface area contributed by atoms with Crippen LogP contribution in [0.5, 0.6) is 0 Å². The van der Waals surface area contributed by atoms with E-state index in [0.717, 1.165) is 17.1 Å². The average molecular weight is 427 g/mol. The SMILES string of the molecule is CC(C)c1nnc(S[C@H](C(=O)N2CCOCC2)c2ccccc2)n1Cc1ccco1. The Labute approximate surface area is 180 Å². The van der Waals surface area contributed by atoms with Gasteiger partial charge in [-0.1, -0.05) is 55.9 Å². The van der Waals surface area contributed by atoms with E-state index in [1.54, 1.807) is 6.26 Å². The molecule has 7 nitrogen and oxygen atoms in total. The molecule has 30 heavy (non-hydrogen) atoms. The van der Waals surface area contributed by atoms with Gasteiger partial charge in [-0.2, -0.15) is 0 Å². The lowest BCUT2D eigenvalue weighted by molar-refractivity contribution is -0.134. The van der Waals surface area contributed by atoms with Gasteiger partial charge in [0.2, 0.25) is 5.91 Å². The molecule has 0 saturated carbocycles. The number of carbonyl (C=O) groups excluding carboxylic acids is 1. The molecule has 0 bridgehead atoms. The second kappa shape index (κ2) is 9.49.